The smallest absolute Gasteiger partial charge is 0.292 e. The Morgan fingerprint density at radius 3 is 2.43 bits per heavy atom. The summed E-state index contributed by atoms with van der Waals surface area (Å²) in [6, 6.07) is 12.7. The lowest BCUT2D eigenvalue weighted by Gasteiger charge is -2.04. The Kier molecular flexibility index (Phi) is 6.15. The lowest BCUT2D eigenvalue weighted by atomic mass is 10.2. The largest absolute Gasteiger partial charge is 1.00 e. The van der Waals surface area contributed by atoms with Crippen molar-refractivity contribution in [1.82, 2.24) is 5.10 Å². The van der Waals surface area contributed by atoms with Gasteiger partial charge in [0.15, 0.2) is 0 Å². The molecule has 2 aromatic carbocycles. The molecule has 1 N–H and O–H groups in total. The maximum atomic E-state index is 12.1. The maximum absolute atomic E-state index is 12.1. The summed E-state index contributed by atoms with van der Waals surface area (Å²) < 4.78 is 1.59. The van der Waals surface area contributed by atoms with Crippen LogP contribution in [0.5, 0.6) is 0 Å². The number of halogens is 3. The molecule has 3 aromatic rings. The topological polar surface area (TPSA) is 45.9 Å². The van der Waals surface area contributed by atoms with Crippen LogP contribution in [0.2, 0.25) is 10.0 Å². The third-order valence-electron chi connectivity index (χ3n) is 3.08. The van der Waals surface area contributed by atoms with Crippen molar-refractivity contribution in [2.75, 3.05) is 5.32 Å². The zero-order valence-corrected chi connectivity index (χ0v) is 15.5. The molecule has 1 amide bonds. The third kappa shape index (κ3) is 4.76. The Labute approximate surface area is 160 Å². The van der Waals surface area contributed by atoms with E-state index in [9.17, 15) is 4.79 Å². The summed E-state index contributed by atoms with van der Waals surface area (Å²) >= 11 is 11.8. The Morgan fingerprint density at radius 2 is 1.74 bits per heavy atom. The molecule has 0 saturated carbocycles. The van der Waals surface area contributed by atoms with Gasteiger partial charge >= 0.3 is 0 Å². The number of hydrogen-bond acceptors (Lipinski definition) is 2. The second kappa shape index (κ2) is 7.90. The predicted molar refractivity (Wildman–Crippen MR) is 87.0 cm³/mol. The van der Waals surface area contributed by atoms with Gasteiger partial charge in [-0.3, -0.25) is 4.79 Å². The van der Waals surface area contributed by atoms with Crippen LogP contribution in [0, 0.1) is 0 Å². The highest BCUT2D eigenvalue weighted by Crippen LogP contribution is 2.22. The Bertz CT molecular complexity index is 837. The molecule has 1 heterocycles. The minimum Gasteiger partial charge on any atom is -1.00 e. The number of amides is 1. The monoisotopic (exact) mass is 459 g/mol. The third-order valence-corrected chi connectivity index (χ3v) is 3.52. The second-order valence-electron chi connectivity index (χ2n) is 4.81. The quantitative estimate of drug-likeness (QED) is 0.457. The molecule has 7 heteroatoms. The number of rotatable bonds is 3. The van der Waals surface area contributed by atoms with Crippen LogP contribution >= 0.6 is 23.2 Å². The van der Waals surface area contributed by atoms with Crippen LogP contribution in [0.25, 0.3) is 10.8 Å². The van der Waals surface area contributed by atoms with Crippen molar-refractivity contribution in [2.24, 2.45) is 0 Å². The van der Waals surface area contributed by atoms with Crippen LogP contribution in [-0.2, 0) is 11.3 Å². The van der Waals surface area contributed by atoms with Crippen molar-refractivity contribution in [1.29, 1.82) is 0 Å². The number of hydrogen-bond donors (Lipinski definition) is 1. The molecule has 4 nitrogen and oxygen atoms in total. The molecule has 0 radical (unpaired) electrons. The first kappa shape index (κ1) is 17.9. The summed E-state index contributed by atoms with van der Waals surface area (Å²) in [6.45, 7) is 0.106. The van der Waals surface area contributed by atoms with Crippen molar-refractivity contribution >= 4 is 45.6 Å². The first-order valence-electron chi connectivity index (χ1n) is 6.61. The molecule has 0 saturated heterocycles. The first-order chi connectivity index (χ1) is 10.6. The maximum Gasteiger partial charge on any atom is 0.292 e. The number of aromatic nitrogens is 2. The van der Waals surface area contributed by atoms with Crippen molar-refractivity contribution in [3.63, 3.8) is 0 Å². The minimum absolute atomic E-state index is 0. The number of benzene rings is 2. The molecular weight excluding hydrogens is 448 g/mol. The highest BCUT2D eigenvalue weighted by atomic mass is 127. The average molecular weight is 460 g/mol. The van der Waals surface area contributed by atoms with E-state index in [0.29, 0.717) is 15.7 Å². The number of fused-ring (bicyclic) bond motifs is 1. The van der Waals surface area contributed by atoms with E-state index in [1.54, 1.807) is 29.1 Å². The molecule has 0 fully saturated rings. The summed E-state index contributed by atoms with van der Waals surface area (Å²) in [5.41, 5.74) is 0.559. The number of carbonyl (C=O) groups excluding carboxylic acids is 1. The van der Waals surface area contributed by atoms with Crippen LogP contribution in [-0.4, -0.2) is 11.0 Å². The summed E-state index contributed by atoms with van der Waals surface area (Å²) in [5.74, 6) is -0.203. The van der Waals surface area contributed by atoms with E-state index >= 15 is 0 Å². The van der Waals surface area contributed by atoms with Crippen LogP contribution < -0.4 is 34.0 Å². The Balaban J connectivity index is 0.00000192. The summed E-state index contributed by atoms with van der Waals surface area (Å²) in [7, 11) is 0. The van der Waals surface area contributed by atoms with Crippen LogP contribution in [0.1, 0.15) is 0 Å². The van der Waals surface area contributed by atoms with Gasteiger partial charge < -0.3 is 29.3 Å². The second-order valence-corrected chi connectivity index (χ2v) is 5.68. The van der Waals surface area contributed by atoms with E-state index in [2.05, 4.69) is 10.4 Å². The predicted octanol–water partition coefficient (Wildman–Crippen LogP) is 0.472. The van der Waals surface area contributed by atoms with Gasteiger partial charge in [0.2, 0.25) is 6.20 Å². The van der Waals surface area contributed by atoms with Crippen molar-refractivity contribution in [3.8, 4) is 0 Å². The van der Waals surface area contributed by atoms with Crippen molar-refractivity contribution in [3.05, 3.63) is 64.9 Å². The van der Waals surface area contributed by atoms with Gasteiger partial charge in [-0.25, -0.2) is 0 Å². The van der Waals surface area contributed by atoms with Gasteiger partial charge in [-0.2, -0.15) is 0 Å². The van der Waals surface area contributed by atoms with E-state index in [1.807, 2.05) is 30.5 Å². The number of nitrogens with one attached hydrogen (secondary N) is 1. The van der Waals surface area contributed by atoms with E-state index in [-0.39, 0.29) is 36.4 Å². The molecule has 3 rings (SSSR count). The molecule has 0 aliphatic carbocycles. The first-order valence-corrected chi connectivity index (χ1v) is 7.36. The summed E-state index contributed by atoms with van der Waals surface area (Å²) in [5, 5.41) is 9.97. The summed E-state index contributed by atoms with van der Waals surface area (Å²) in [4.78, 5) is 12.1. The highest BCUT2D eigenvalue weighted by molar-refractivity contribution is 6.35. The van der Waals surface area contributed by atoms with Crippen LogP contribution in [0.3, 0.4) is 0 Å². The normalized spacial score (nSPS) is 10.2. The number of nitrogens with zero attached hydrogens (tertiary/aromatic N) is 2. The van der Waals surface area contributed by atoms with Gasteiger partial charge in [0.25, 0.3) is 12.5 Å². The lowest BCUT2D eigenvalue weighted by Crippen LogP contribution is -3.00. The minimum atomic E-state index is -0.203. The molecule has 0 bridgehead atoms. The van der Waals surface area contributed by atoms with E-state index in [4.69, 9.17) is 23.2 Å². The number of anilines is 1. The van der Waals surface area contributed by atoms with Gasteiger partial charge in [-0.15, -0.1) is 0 Å². The van der Waals surface area contributed by atoms with Gasteiger partial charge in [-0.05, 0) is 29.4 Å². The fourth-order valence-corrected chi connectivity index (χ4v) is 2.66. The summed E-state index contributed by atoms with van der Waals surface area (Å²) in [6.07, 6.45) is 3.57. The van der Waals surface area contributed by atoms with Gasteiger partial charge in [0, 0.05) is 26.5 Å². The van der Waals surface area contributed by atoms with Crippen LogP contribution in [0.4, 0.5) is 5.69 Å². The molecular formula is C16H12Cl2IN3O. The van der Waals surface area contributed by atoms with Gasteiger partial charge in [0.1, 0.15) is 6.20 Å². The Morgan fingerprint density at radius 1 is 1.09 bits per heavy atom. The van der Waals surface area contributed by atoms with Gasteiger partial charge in [-0.1, -0.05) is 46.1 Å². The zero-order valence-electron chi connectivity index (χ0n) is 11.8. The molecule has 23 heavy (non-hydrogen) atoms. The Hall–Kier alpha value is -1.44. The fourth-order valence-electron chi connectivity index (χ4n) is 2.14. The van der Waals surface area contributed by atoms with Crippen molar-refractivity contribution in [2.45, 2.75) is 6.54 Å². The van der Waals surface area contributed by atoms with E-state index in [1.165, 1.54) is 0 Å². The molecule has 1 aromatic heterocycles. The standard InChI is InChI=1S/C16H11Cl2N3O.HI/c17-13-5-14(18)7-15(6-13)20-16(22)10-21-9-12-4-2-1-3-11(12)8-19-21;/h1-9H,10H2;1H. The molecule has 118 valence electrons. The molecule has 0 atom stereocenters. The zero-order chi connectivity index (χ0) is 15.5. The molecule has 0 aliphatic heterocycles. The van der Waals surface area contributed by atoms with Crippen molar-refractivity contribution < 1.29 is 33.5 Å². The van der Waals surface area contributed by atoms with Crippen LogP contribution in [0.15, 0.2) is 54.9 Å². The molecule has 0 aliphatic rings. The lowest BCUT2D eigenvalue weighted by molar-refractivity contribution is -0.740. The number of carbonyl (C=O) groups is 1. The molecule has 0 unspecified atom stereocenters. The highest BCUT2D eigenvalue weighted by Gasteiger charge is 2.12. The fraction of sp³-hybridized carbons (Fsp3) is 0.0625. The van der Waals surface area contributed by atoms with E-state index in [0.717, 1.165) is 10.8 Å². The average Bonchev–Trinajstić information content (AvgIpc) is 2.45. The SMILES string of the molecule is O=C(C[n+]1cc2ccccc2cn1)Nc1cc(Cl)cc(Cl)c1.[I-]. The van der Waals surface area contributed by atoms with Gasteiger partial charge in [0.05, 0.1) is 0 Å². The molecule has 0 spiro atoms. The van der Waals surface area contributed by atoms with E-state index < -0.39 is 0 Å².